The zero-order valence-corrected chi connectivity index (χ0v) is 19.0. The lowest BCUT2D eigenvalue weighted by molar-refractivity contribution is -0.573. The lowest BCUT2D eigenvalue weighted by Gasteiger charge is -2.24. The SMILES string of the molecule is CC(C)(C)c1cc(C(C)(C)C)c2oc[n+](-c3ccc(OC(F)(F)F)cc3)c2c1.F[B-](F)(F)F. The first-order chi connectivity index (χ1) is 14.8. The van der Waals surface area contributed by atoms with Crippen LogP contribution < -0.4 is 9.30 Å². The molecule has 0 saturated heterocycles. The van der Waals surface area contributed by atoms with Gasteiger partial charge in [0.2, 0.25) is 11.3 Å². The Bertz CT molecular complexity index is 1080. The summed E-state index contributed by atoms with van der Waals surface area (Å²) in [5.41, 5.74) is 4.41. The Hall–Kier alpha value is -2.72. The first-order valence-electron chi connectivity index (χ1n) is 9.97. The van der Waals surface area contributed by atoms with Crippen LogP contribution in [0.1, 0.15) is 52.7 Å². The molecule has 0 aliphatic rings. The summed E-state index contributed by atoms with van der Waals surface area (Å²) in [6.45, 7) is 12.8. The third-order valence-corrected chi connectivity index (χ3v) is 4.63. The summed E-state index contributed by atoms with van der Waals surface area (Å²) >= 11 is 0. The van der Waals surface area contributed by atoms with Gasteiger partial charge in [-0.05, 0) is 28.5 Å². The molecule has 0 aliphatic heterocycles. The molecule has 11 heteroatoms. The maximum absolute atomic E-state index is 12.4. The van der Waals surface area contributed by atoms with E-state index in [-0.39, 0.29) is 16.6 Å². The fourth-order valence-electron chi connectivity index (χ4n) is 3.08. The van der Waals surface area contributed by atoms with Crippen molar-refractivity contribution in [3.05, 3.63) is 53.9 Å². The summed E-state index contributed by atoms with van der Waals surface area (Å²) in [4.78, 5) is 0. The fraction of sp³-hybridized carbons (Fsp3) is 0.409. The maximum atomic E-state index is 12.4. The van der Waals surface area contributed by atoms with Crippen LogP contribution in [-0.2, 0) is 10.8 Å². The Kier molecular flexibility index (Phi) is 7.16. The van der Waals surface area contributed by atoms with Gasteiger partial charge in [0.1, 0.15) is 5.75 Å². The van der Waals surface area contributed by atoms with E-state index in [0.717, 1.165) is 22.2 Å². The molecule has 2 aromatic carbocycles. The van der Waals surface area contributed by atoms with Gasteiger partial charge in [-0.1, -0.05) is 47.6 Å². The van der Waals surface area contributed by atoms with Crippen LogP contribution in [0.15, 0.2) is 47.2 Å². The van der Waals surface area contributed by atoms with Crippen LogP contribution >= 0.6 is 0 Å². The minimum atomic E-state index is -6.00. The molecule has 0 saturated carbocycles. The quantitative estimate of drug-likeness (QED) is 0.216. The van der Waals surface area contributed by atoms with E-state index >= 15 is 0 Å². The van der Waals surface area contributed by atoms with Gasteiger partial charge in [0.25, 0.3) is 5.52 Å². The third kappa shape index (κ3) is 7.68. The van der Waals surface area contributed by atoms with Crippen molar-refractivity contribution in [1.29, 1.82) is 0 Å². The second-order valence-electron chi connectivity index (χ2n) is 9.50. The summed E-state index contributed by atoms with van der Waals surface area (Å²) in [6, 6.07) is 10.0. The molecule has 1 aromatic heterocycles. The van der Waals surface area contributed by atoms with Gasteiger partial charge in [0.05, 0.1) is 0 Å². The van der Waals surface area contributed by atoms with Crippen LogP contribution in [-0.4, -0.2) is 13.6 Å². The molecule has 0 fully saturated rings. The Labute approximate surface area is 187 Å². The molecule has 0 amide bonds. The van der Waals surface area contributed by atoms with E-state index in [1.54, 1.807) is 18.5 Å². The summed E-state index contributed by atoms with van der Waals surface area (Å²) < 4.78 is 87.9. The Balaban J connectivity index is 0.000000696. The summed E-state index contributed by atoms with van der Waals surface area (Å²) in [6.07, 6.45) is -3.12. The largest absolute Gasteiger partial charge is 0.673 e. The van der Waals surface area contributed by atoms with Gasteiger partial charge in [0, 0.05) is 23.8 Å². The van der Waals surface area contributed by atoms with E-state index < -0.39 is 13.6 Å². The number of nitrogens with zero attached hydrogens (tertiary/aromatic N) is 1. The average Bonchev–Trinajstić information content (AvgIpc) is 3.01. The van der Waals surface area contributed by atoms with Crippen molar-refractivity contribution in [3.8, 4) is 11.4 Å². The van der Waals surface area contributed by atoms with Crippen LogP contribution in [0.25, 0.3) is 16.8 Å². The molecule has 33 heavy (non-hydrogen) atoms. The molecule has 0 spiro atoms. The van der Waals surface area contributed by atoms with Crippen molar-refractivity contribution >= 4 is 18.4 Å². The number of hydrogen-bond donors (Lipinski definition) is 0. The van der Waals surface area contributed by atoms with Crippen molar-refractivity contribution in [3.63, 3.8) is 0 Å². The summed E-state index contributed by atoms with van der Waals surface area (Å²) in [7, 11) is -6.00. The van der Waals surface area contributed by atoms with Gasteiger partial charge in [0.15, 0.2) is 0 Å². The Morgan fingerprint density at radius 1 is 0.818 bits per heavy atom. The zero-order chi connectivity index (χ0) is 25.4. The van der Waals surface area contributed by atoms with Gasteiger partial charge in [-0.15, -0.1) is 17.7 Å². The van der Waals surface area contributed by atoms with Crippen molar-refractivity contribution in [2.75, 3.05) is 0 Å². The lowest BCUT2D eigenvalue weighted by atomic mass is 9.80. The predicted octanol–water partition coefficient (Wildman–Crippen LogP) is 7.50. The molecule has 0 bridgehead atoms. The molecule has 0 unspecified atom stereocenters. The second kappa shape index (κ2) is 8.91. The van der Waals surface area contributed by atoms with E-state index in [1.165, 1.54) is 12.1 Å². The van der Waals surface area contributed by atoms with Crippen molar-refractivity contribution < 1.29 is 44.2 Å². The number of halogens is 7. The predicted molar refractivity (Wildman–Crippen MR) is 112 cm³/mol. The maximum Gasteiger partial charge on any atom is 0.673 e. The molecule has 1 heterocycles. The minimum absolute atomic E-state index is 0.0618. The topological polar surface area (TPSA) is 26.2 Å². The monoisotopic (exact) mass is 479 g/mol. The highest BCUT2D eigenvalue weighted by molar-refractivity contribution is 6.50. The van der Waals surface area contributed by atoms with Gasteiger partial charge < -0.3 is 26.4 Å². The number of hydrogen-bond acceptors (Lipinski definition) is 2. The molecule has 3 aromatic rings. The highest BCUT2D eigenvalue weighted by Crippen LogP contribution is 2.35. The Morgan fingerprint density at radius 3 is 1.76 bits per heavy atom. The first-order valence-corrected chi connectivity index (χ1v) is 9.97. The lowest BCUT2D eigenvalue weighted by Crippen LogP contribution is -2.29. The number of benzene rings is 2. The van der Waals surface area contributed by atoms with Crippen LogP contribution in [0, 0.1) is 0 Å². The van der Waals surface area contributed by atoms with E-state index in [1.807, 2.05) is 4.57 Å². The van der Waals surface area contributed by atoms with Crippen LogP contribution in [0.2, 0.25) is 0 Å². The number of rotatable bonds is 2. The van der Waals surface area contributed by atoms with Gasteiger partial charge >= 0.3 is 20.0 Å². The highest BCUT2D eigenvalue weighted by atomic mass is 19.5. The average molecular weight is 479 g/mol. The van der Waals surface area contributed by atoms with Crippen LogP contribution in [0.5, 0.6) is 5.75 Å². The fourth-order valence-corrected chi connectivity index (χ4v) is 3.08. The smallest absolute Gasteiger partial charge is 0.418 e. The van der Waals surface area contributed by atoms with Gasteiger partial charge in [-0.2, -0.15) is 0 Å². The van der Waals surface area contributed by atoms with E-state index in [9.17, 15) is 30.4 Å². The Morgan fingerprint density at radius 2 is 1.33 bits per heavy atom. The number of oxazole rings is 1. The van der Waals surface area contributed by atoms with Crippen molar-refractivity contribution in [2.45, 2.75) is 58.7 Å². The standard InChI is InChI=1S/C22H25F3NO2.BF4/c1-20(2,3)14-11-17(21(4,5)6)19-18(12-14)26(13-27-19)15-7-9-16(10-8-15)28-22(23,24)25;2-1(3,4)5/h7-13H,1-6H3;/q+1;-1. The van der Waals surface area contributed by atoms with Gasteiger partial charge in [-0.3, -0.25) is 0 Å². The number of aromatic nitrogens is 1. The highest BCUT2D eigenvalue weighted by Gasteiger charge is 2.32. The molecule has 0 N–H and O–H groups in total. The van der Waals surface area contributed by atoms with Crippen LogP contribution in [0.3, 0.4) is 0 Å². The normalized spacial score (nSPS) is 13.0. The van der Waals surface area contributed by atoms with E-state index in [0.29, 0.717) is 5.69 Å². The minimum Gasteiger partial charge on any atom is -0.418 e. The molecular weight excluding hydrogens is 454 g/mol. The third-order valence-electron chi connectivity index (χ3n) is 4.63. The molecule has 0 aliphatic carbocycles. The first kappa shape index (κ1) is 26.5. The van der Waals surface area contributed by atoms with Crippen LogP contribution in [0.4, 0.5) is 30.4 Å². The van der Waals surface area contributed by atoms with Gasteiger partial charge in [-0.25, -0.2) is 0 Å². The molecule has 182 valence electrons. The second-order valence-corrected chi connectivity index (χ2v) is 9.50. The van der Waals surface area contributed by atoms with Crippen molar-refractivity contribution in [1.82, 2.24) is 0 Å². The summed E-state index contributed by atoms with van der Waals surface area (Å²) in [5, 5.41) is 0. The molecule has 3 nitrogen and oxygen atoms in total. The summed E-state index contributed by atoms with van der Waals surface area (Å²) in [5.74, 6) is -0.254. The number of alkyl halides is 3. The number of ether oxygens (including phenoxy) is 1. The molecular formula is C22H25BF7NO2. The molecule has 0 radical (unpaired) electrons. The molecule has 3 rings (SSSR count). The molecule has 0 atom stereocenters. The van der Waals surface area contributed by atoms with E-state index in [4.69, 9.17) is 4.42 Å². The van der Waals surface area contributed by atoms with Crippen molar-refractivity contribution in [2.24, 2.45) is 0 Å². The van der Waals surface area contributed by atoms with E-state index in [2.05, 4.69) is 58.4 Å². The number of fused-ring (bicyclic) bond motifs is 1. The zero-order valence-electron chi connectivity index (χ0n) is 19.0.